The molecule has 3 heterocycles. The van der Waals surface area contributed by atoms with E-state index < -0.39 is 5.82 Å². The maximum absolute atomic E-state index is 15.1. The highest BCUT2D eigenvalue weighted by atomic mass is 19.1. The molecule has 0 saturated carbocycles. The van der Waals surface area contributed by atoms with E-state index in [0.29, 0.717) is 22.6 Å². The molecule has 0 spiro atoms. The van der Waals surface area contributed by atoms with Crippen molar-refractivity contribution >= 4 is 28.4 Å². The number of rotatable bonds is 5. The quantitative estimate of drug-likeness (QED) is 0.325. The second-order valence-corrected chi connectivity index (χ2v) is 9.96. The molecule has 1 atom stereocenters. The van der Waals surface area contributed by atoms with Crippen molar-refractivity contribution in [2.45, 2.75) is 38.6 Å². The molecule has 1 aliphatic rings. The monoisotopic (exact) mass is 472 g/mol. The van der Waals surface area contributed by atoms with Gasteiger partial charge in [-0.3, -0.25) is 9.89 Å². The molecule has 0 aliphatic carbocycles. The highest BCUT2D eigenvalue weighted by Crippen LogP contribution is 2.33. The lowest BCUT2D eigenvalue weighted by Crippen LogP contribution is -2.22. The number of carbonyl (C=O) groups excluding carboxylic acids is 1. The van der Waals surface area contributed by atoms with Gasteiger partial charge in [0.05, 0.1) is 11.1 Å². The fourth-order valence-corrected chi connectivity index (χ4v) is 4.37. The van der Waals surface area contributed by atoms with Crippen LogP contribution in [0.25, 0.3) is 22.2 Å². The number of aromatic nitrogens is 3. The SMILES string of the molecule is CC(C)(C)c1ccc(C(=O)Nc2ccc(-c3ccnc4[nH]nc(N[C@@H]5CCNC5)c34)cc2F)cc1. The molecule has 0 unspecified atom stereocenters. The van der Waals surface area contributed by atoms with Crippen molar-refractivity contribution in [3.63, 3.8) is 0 Å². The van der Waals surface area contributed by atoms with Crippen molar-refractivity contribution < 1.29 is 9.18 Å². The second-order valence-electron chi connectivity index (χ2n) is 9.96. The molecular weight excluding hydrogens is 443 g/mol. The van der Waals surface area contributed by atoms with Crippen molar-refractivity contribution in [1.82, 2.24) is 20.5 Å². The first kappa shape index (κ1) is 23.0. The molecular formula is C27H29FN6O. The number of H-pyrrole nitrogens is 1. The van der Waals surface area contributed by atoms with E-state index in [9.17, 15) is 4.79 Å². The normalized spacial score (nSPS) is 15.9. The number of hydrogen-bond donors (Lipinski definition) is 4. The van der Waals surface area contributed by atoms with Crippen LogP contribution in [0.15, 0.2) is 54.7 Å². The number of pyridine rings is 1. The summed E-state index contributed by atoms with van der Waals surface area (Å²) in [6.45, 7) is 8.17. The Labute approximate surface area is 203 Å². The Bertz CT molecular complexity index is 1370. The van der Waals surface area contributed by atoms with Crippen LogP contribution >= 0.6 is 0 Å². The smallest absolute Gasteiger partial charge is 0.255 e. The lowest BCUT2D eigenvalue weighted by molar-refractivity contribution is 0.102. The summed E-state index contributed by atoms with van der Waals surface area (Å²) >= 11 is 0. The first-order valence-electron chi connectivity index (χ1n) is 11.8. The van der Waals surface area contributed by atoms with Gasteiger partial charge in [-0.1, -0.05) is 39.0 Å². The van der Waals surface area contributed by atoms with E-state index in [1.54, 1.807) is 30.5 Å². The van der Waals surface area contributed by atoms with Gasteiger partial charge in [-0.15, -0.1) is 0 Å². The highest BCUT2D eigenvalue weighted by Gasteiger charge is 2.20. The molecule has 2 aromatic heterocycles. The molecule has 4 N–H and O–H groups in total. The fourth-order valence-electron chi connectivity index (χ4n) is 4.37. The van der Waals surface area contributed by atoms with Crippen LogP contribution in [-0.2, 0) is 5.41 Å². The summed E-state index contributed by atoms with van der Waals surface area (Å²) < 4.78 is 15.1. The van der Waals surface area contributed by atoms with E-state index in [1.165, 1.54) is 6.07 Å². The number of anilines is 2. The van der Waals surface area contributed by atoms with E-state index in [4.69, 9.17) is 0 Å². The summed E-state index contributed by atoms with van der Waals surface area (Å²) in [5, 5.41) is 17.7. The number of nitrogens with one attached hydrogen (secondary N) is 4. The molecule has 2 aromatic carbocycles. The molecule has 1 amide bonds. The van der Waals surface area contributed by atoms with Gasteiger partial charge in [0.2, 0.25) is 0 Å². The van der Waals surface area contributed by atoms with Gasteiger partial charge in [-0.2, -0.15) is 5.10 Å². The zero-order chi connectivity index (χ0) is 24.6. The Balaban J connectivity index is 1.39. The minimum Gasteiger partial charge on any atom is -0.364 e. The Morgan fingerprint density at radius 2 is 1.91 bits per heavy atom. The number of carbonyl (C=O) groups is 1. The summed E-state index contributed by atoms with van der Waals surface area (Å²) in [4.78, 5) is 17.1. The van der Waals surface area contributed by atoms with E-state index in [0.717, 1.165) is 36.0 Å². The molecule has 0 bridgehead atoms. The van der Waals surface area contributed by atoms with Gasteiger partial charge in [-0.25, -0.2) is 9.37 Å². The van der Waals surface area contributed by atoms with Crippen LogP contribution in [0.1, 0.15) is 43.1 Å². The largest absolute Gasteiger partial charge is 0.364 e. The van der Waals surface area contributed by atoms with Gasteiger partial charge in [-0.05, 0) is 65.4 Å². The van der Waals surface area contributed by atoms with Gasteiger partial charge in [0, 0.05) is 24.3 Å². The standard InChI is InChI=1S/C27H29FN6O/c1-27(2,3)18-7-4-16(5-8-18)26(35)32-22-9-6-17(14-21(22)28)20-11-13-30-24-23(20)25(34-33-24)31-19-10-12-29-15-19/h4-9,11,13-14,19,29H,10,12,15H2,1-3H3,(H,32,35)(H2,30,31,33,34)/t19-/m1/s1. The average molecular weight is 473 g/mol. The van der Waals surface area contributed by atoms with E-state index in [-0.39, 0.29) is 23.1 Å². The van der Waals surface area contributed by atoms with Gasteiger partial charge >= 0.3 is 0 Å². The van der Waals surface area contributed by atoms with Crippen molar-refractivity contribution in [2.75, 3.05) is 23.7 Å². The third kappa shape index (κ3) is 4.74. The predicted octanol–water partition coefficient (Wildman–Crippen LogP) is 5.09. The Hall–Kier alpha value is -3.78. The minimum atomic E-state index is -0.509. The van der Waals surface area contributed by atoms with Gasteiger partial charge in [0.15, 0.2) is 11.5 Å². The number of benzene rings is 2. The molecule has 7 nitrogen and oxygen atoms in total. The highest BCUT2D eigenvalue weighted by molar-refractivity contribution is 6.05. The van der Waals surface area contributed by atoms with Crippen molar-refractivity contribution in [3.8, 4) is 11.1 Å². The fraction of sp³-hybridized carbons (Fsp3) is 0.296. The number of nitrogens with zero attached hydrogens (tertiary/aromatic N) is 2. The lowest BCUT2D eigenvalue weighted by atomic mass is 9.87. The third-order valence-electron chi connectivity index (χ3n) is 6.40. The summed E-state index contributed by atoms with van der Waals surface area (Å²) in [6, 6.07) is 14.3. The first-order valence-corrected chi connectivity index (χ1v) is 11.8. The van der Waals surface area contributed by atoms with Crippen molar-refractivity contribution in [2.24, 2.45) is 0 Å². The average Bonchev–Trinajstić information content (AvgIpc) is 3.50. The maximum atomic E-state index is 15.1. The van der Waals surface area contributed by atoms with Crippen LogP contribution in [0.3, 0.4) is 0 Å². The molecule has 35 heavy (non-hydrogen) atoms. The van der Waals surface area contributed by atoms with Crippen LogP contribution in [0.5, 0.6) is 0 Å². The molecule has 8 heteroatoms. The predicted molar refractivity (Wildman–Crippen MR) is 137 cm³/mol. The number of amides is 1. The molecule has 0 radical (unpaired) electrons. The Kier molecular flexibility index (Phi) is 5.98. The van der Waals surface area contributed by atoms with Gasteiger partial charge < -0.3 is 16.0 Å². The third-order valence-corrected chi connectivity index (χ3v) is 6.40. The number of halogens is 1. The van der Waals surface area contributed by atoms with E-state index in [2.05, 4.69) is 51.9 Å². The Morgan fingerprint density at radius 1 is 1.11 bits per heavy atom. The van der Waals surface area contributed by atoms with Crippen LogP contribution in [0.2, 0.25) is 0 Å². The first-order chi connectivity index (χ1) is 16.8. The van der Waals surface area contributed by atoms with E-state index in [1.807, 2.05) is 18.2 Å². The van der Waals surface area contributed by atoms with E-state index >= 15 is 4.39 Å². The Morgan fingerprint density at radius 3 is 2.60 bits per heavy atom. The lowest BCUT2D eigenvalue weighted by Gasteiger charge is -2.19. The number of aromatic amines is 1. The van der Waals surface area contributed by atoms with Crippen LogP contribution in [-0.4, -0.2) is 40.2 Å². The van der Waals surface area contributed by atoms with Crippen LogP contribution < -0.4 is 16.0 Å². The summed E-state index contributed by atoms with van der Waals surface area (Å²) in [6.07, 6.45) is 2.68. The van der Waals surface area contributed by atoms with Gasteiger partial charge in [0.1, 0.15) is 5.82 Å². The molecule has 5 rings (SSSR count). The maximum Gasteiger partial charge on any atom is 0.255 e. The molecule has 4 aromatic rings. The molecule has 1 saturated heterocycles. The van der Waals surface area contributed by atoms with Crippen molar-refractivity contribution in [3.05, 3.63) is 71.7 Å². The van der Waals surface area contributed by atoms with Crippen molar-refractivity contribution in [1.29, 1.82) is 0 Å². The zero-order valence-electron chi connectivity index (χ0n) is 20.1. The van der Waals surface area contributed by atoms with Crippen LogP contribution in [0.4, 0.5) is 15.9 Å². The topological polar surface area (TPSA) is 94.7 Å². The zero-order valence-corrected chi connectivity index (χ0v) is 20.1. The molecule has 1 aliphatic heterocycles. The summed E-state index contributed by atoms with van der Waals surface area (Å²) in [5.41, 5.74) is 3.86. The van der Waals surface area contributed by atoms with Gasteiger partial charge in [0.25, 0.3) is 5.91 Å². The second kappa shape index (κ2) is 9.11. The summed E-state index contributed by atoms with van der Waals surface area (Å²) in [7, 11) is 0. The molecule has 1 fully saturated rings. The van der Waals surface area contributed by atoms with Crippen LogP contribution in [0, 0.1) is 5.82 Å². The number of hydrogen-bond acceptors (Lipinski definition) is 5. The minimum absolute atomic E-state index is 0.00627. The molecule has 180 valence electrons. The number of fused-ring (bicyclic) bond motifs is 1. The summed E-state index contributed by atoms with van der Waals surface area (Å²) in [5.74, 6) is -0.159.